The summed E-state index contributed by atoms with van der Waals surface area (Å²) in [6, 6.07) is 9.53. The first-order valence-corrected chi connectivity index (χ1v) is 7.22. The minimum Gasteiger partial charge on any atom is -0.313 e. The van der Waals surface area contributed by atoms with Crippen molar-refractivity contribution in [1.29, 1.82) is 0 Å². The molecule has 1 aromatic rings. The Kier molecular flexibility index (Phi) is 5.87. The molecule has 0 amide bonds. The third-order valence-corrected chi connectivity index (χ3v) is 3.53. The van der Waals surface area contributed by atoms with E-state index in [9.17, 15) is 0 Å². The van der Waals surface area contributed by atoms with Crippen molar-refractivity contribution in [2.45, 2.75) is 59.9 Å². The Morgan fingerprint density at radius 3 is 2.22 bits per heavy atom. The molecule has 18 heavy (non-hydrogen) atoms. The molecule has 1 aromatic carbocycles. The van der Waals surface area contributed by atoms with Crippen molar-refractivity contribution in [3.05, 3.63) is 35.4 Å². The first-order valence-electron chi connectivity index (χ1n) is 7.22. The van der Waals surface area contributed by atoms with Gasteiger partial charge in [-0.3, -0.25) is 0 Å². The summed E-state index contributed by atoms with van der Waals surface area (Å²) in [5, 5.41) is 3.69. The summed E-state index contributed by atoms with van der Waals surface area (Å²) in [6.07, 6.45) is 3.59. The molecule has 0 aliphatic heterocycles. The summed E-state index contributed by atoms with van der Waals surface area (Å²) >= 11 is 0. The van der Waals surface area contributed by atoms with Gasteiger partial charge in [0.1, 0.15) is 0 Å². The zero-order valence-electron chi connectivity index (χ0n) is 12.7. The van der Waals surface area contributed by atoms with Crippen molar-refractivity contribution in [2.75, 3.05) is 6.54 Å². The smallest absolute Gasteiger partial charge is 0.0119 e. The number of hydrogen-bond acceptors (Lipinski definition) is 1. The second-order valence-electron chi connectivity index (χ2n) is 6.40. The van der Waals surface area contributed by atoms with Crippen molar-refractivity contribution in [2.24, 2.45) is 5.41 Å². The fraction of sp³-hybridized carbons (Fsp3) is 0.647. The van der Waals surface area contributed by atoms with E-state index in [-0.39, 0.29) is 0 Å². The molecule has 0 fully saturated rings. The lowest BCUT2D eigenvalue weighted by atomic mass is 9.83. The van der Waals surface area contributed by atoms with E-state index in [2.05, 4.69) is 64.2 Å². The van der Waals surface area contributed by atoms with E-state index in [1.165, 1.54) is 30.4 Å². The second kappa shape index (κ2) is 6.94. The molecule has 1 rings (SSSR count). The Morgan fingerprint density at radius 2 is 1.72 bits per heavy atom. The van der Waals surface area contributed by atoms with Crippen molar-refractivity contribution < 1.29 is 0 Å². The lowest BCUT2D eigenvalue weighted by Gasteiger charge is -2.32. The van der Waals surface area contributed by atoms with Gasteiger partial charge in [0.15, 0.2) is 0 Å². The van der Waals surface area contributed by atoms with Crippen LogP contribution in [0.2, 0.25) is 0 Å². The summed E-state index contributed by atoms with van der Waals surface area (Å²) < 4.78 is 0. The zero-order valence-corrected chi connectivity index (χ0v) is 12.7. The number of hydrogen-bond donors (Lipinski definition) is 1. The Hall–Kier alpha value is -0.820. The van der Waals surface area contributed by atoms with Crippen LogP contribution in [-0.4, -0.2) is 12.6 Å². The highest BCUT2D eigenvalue weighted by atomic mass is 14.9. The van der Waals surface area contributed by atoms with Gasteiger partial charge in [-0.25, -0.2) is 0 Å². The highest BCUT2D eigenvalue weighted by molar-refractivity contribution is 5.21. The van der Waals surface area contributed by atoms with E-state index in [1.807, 2.05) is 0 Å². The molecule has 0 spiro atoms. The van der Waals surface area contributed by atoms with Gasteiger partial charge in [0, 0.05) is 6.04 Å². The summed E-state index contributed by atoms with van der Waals surface area (Å²) in [5.41, 5.74) is 3.13. The SMILES string of the molecule is CCCNC(CCc1ccc(C)cc1)C(C)(C)C. The highest BCUT2D eigenvalue weighted by Gasteiger charge is 2.23. The van der Waals surface area contributed by atoms with Gasteiger partial charge in [0.05, 0.1) is 0 Å². The molecule has 1 nitrogen and oxygen atoms in total. The minimum atomic E-state index is 0.333. The normalized spacial score (nSPS) is 13.6. The quantitative estimate of drug-likeness (QED) is 0.788. The molecule has 0 aliphatic carbocycles. The lowest BCUT2D eigenvalue weighted by molar-refractivity contribution is 0.255. The Morgan fingerprint density at radius 1 is 1.11 bits per heavy atom. The monoisotopic (exact) mass is 247 g/mol. The third-order valence-electron chi connectivity index (χ3n) is 3.53. The van der Waals surface area contributed by atoms with Crippen LogP contribution in [0.25, 0.3) is 0 Å². The van der Waals surface area contributed by atoms with Gasteiger partial charge in [-0.05, 0) is 43.7 Å². The molecular formula is C17H29N. The molecule has 0 saturated heterocycles. The van der Waals surface area contributed by atoms with E-state index in [0.717, 1.165) is 6.54 Å². The molecule has 0 aliphatic rings. The van der Waals surface area contributed by atoms with Crippen LogP contribution in [0, 0.1) is 12.3 Å². The van der Waals surface area contributed by atoms with Crippen molar-refractivity contribution in [3.8, 4) is 0 Å². The molecular weight excluding hydrogens is 218 g/mol. The van der Waals surface area contributed by atoms with Crippen molar-refractivity contribution in [3.63, 3.8) is 0 Å². The number of nitrogens with one attached hydrogen (secondary N) is 1. The first-order chi connectivity index (χ1) is 8.43. The summed E-state index contributed by atoms with van der Waals surface area (Å²) in [6.45, 7) is 12.5. The lowest BCUT2D eigenvalue weighted by Crippen LogP contribution is -2.41. The van der Waals surface area contributed by atoms with Crippen LogP contribution >= 0.6 is 0 Å². The maximum Gasteiger partial charge on any atom is 0.0119 e. The largest absolute Gasteiger partial charge is 0.313 e. The number of rotatable bonds is 6. The molecule has 1 N–H and O–H groups in total. The molecule has 0 bridgehead atoms. The molecule has 1 heteroatoms. The molecule has 0 saturated carbocycles. The predicted molar refractivity (Wildman–Crippen MR) is 81.0 cm³/mol. The maximum atomic E-state index is 3.69. The van der Waals surface area contributed by atoms with Gasteiger partial charge in [0.2, 0.25) is 0 Å². The van der Waals surface area contributed by atoms with Crippen LogP contribution in [0.15, 0.2) is 24.3 Å². The Labute approximate surface area is 113 Å². The van der Waals surface area contributed by atoms with E-state index in [1.54, 1.807) is 0 Å². The third kappa shape index (κ3) is 5.22. The predicted octanol–water partition coefficient (Wildman–Crippen LogP) is 4.34. The van der Waals surface area contributed by atoms with Crippen molar-refractivity contribution in [1.82, 2.24) is 5.32 Å². The number of benzene rings is 1. The van der Waals surface area contributed by atoms with Crippen LogP contribution in [-0.2, 0) is 6.42 Å². The van der Waals surface area contributed by atoms with Crippen LogP contribution in [0.4, 0.5) is 0 Å². The van der Waals surface area contributed by atoms with Crippen LogP contribution in [0.1, 0.15) is 51.7 Å². The fourth-order valence-electron chi connectivity index (χ4n) is 2.23. The van der Waals surface area contributed by atoms with Gasteiger partial charge >= 0.3 is 0 Å². The minimum absolute atomic E-state index is 0.333. The maximum absolute atomic E-state index is 3.69. The first kappa shape index (κ1) is 15.2. The van der Waals surface area contributed by atoms with Gasteiger partial charge in [-0.2, -0.15) is 0 Å². The Balaban J connectivity index is 2.53. The molecule has 0 aromatic heterocycles. The zero-order chi connectivity index (χ0) is 13.6. The van der Waals surface area contributed by atoms with Gasteiger partial charge in [-0.1, -0.05) is 57.5 Å². The molecule has 1 atom stereocenters. The van der Waals surface area contributed by atoms with Gasteiger partial charge < -0.3 is 5.32 Å². The molecule has 0 radical (unpaired) electrons. The van der Waals surface area contributed by atoms with E-state index >= 15 is 0 Å². The van der Waals surface area contributed by atoms with Gasteiger partial charge in [0.25, 0.3) is 0 Å². The number of aryl methyl sites for hydroxylation is 2. The Bertz CT molecular complexity index is 332. The average molecular weight is 247 g/mol. The highest BCUT2D eigenvalue weighted by Crippen LogP contribution is 2.23. The summed E-state index contributed by atoms with van der Waals surface area (Å²) in [5.74, 6) is 0. The van der Waals surface area contributed by atoms with Crippen LogP contribution < -0.4 is 5.32 Å². The fourth-order valence-corrected chi connectivity index (χ4v) is 2.23. The summed E-state index contributed by atoms with van der Waals surface area (Å²) in [4.78, 5) is 0. The standard InChI is InChI=1S/C17H29N/c1-6-13-18-16(17(3,4)5)12-11-15-9-7-14(2)8-10-15/h7-10,16,18H,6,11-13H2,1-5H3. The molecule has 1 unspecified atom stereocenters. The molecule has 0 heterocycles. The second-order valence-corrected chi connectivity index (χ2v) is 6.40. The van der Waals surface area contributed by atoms with E-state index in [0.29, 0.717) is 11.5 Å². The van der Waals surface area contributed by atoms with Crippen molar-refractivity contribution >= 4 is 0 Å². The van der Waals surface area contributed by atoms with Crippen LogP contribution in [0.3, 0.4) is 0 Å². The van der Waals surface area contributed by atoms with Crippen LogP contribution in [0.5, 0.6) is 0 Å². The van der Waals surface area contributed by atoms with E-state index < -0.39 is 0 Å². The van der Waals surface area contributed by atoms with E-state index in [4.69, 9.17) is 0 Å². The molecule has 102 valence electrons. The summed E-state index contributed by atoms with van der Waals surface area (Å²) in [7, 11) is 0. The topological polar surface area (TPSA) is 12.0 Å². The average Bonchev–Trinajstić information content (AvgIpc) is 2.30. The van der Waals surface area contributed by atoms with Gasteiger partial charge in [-0.15, -0.1) is 0 Å².